The van der Waals surface area contributed by atoms with Gasteiger partial charge in [0, 0.05) is 29.2 Å². The quantitative estimate of drug-likeness (QED) is 0.195. The van der Waals surface area contributed by atoms with Crippen molar-refractivity contribution in [2.24, 2.45) is 46.2 Å². The fraction of sp³-hybridized carbons (Fsp3) is 0.605. The van der Waals surface area contributed by atoms with E-state index in [0.717, 1.165) is 25.7 Å². The number of ketones is 4. The van der Waals surface area contributed by atoms with Crippen LogP contribution in [0.25, 0.3) is 5.76 Å². The Hall–Kier alpha value is -4.25. The molecule has 58 heavy (non-hydrogen) atoms. The number of aromatic hydroxyl groups is 1. The van der Waals surface area contributed by atoms with E-state index in [9.17, 15) is 64.8 Å². The Bertz CT molecular complexity index is 2120. The number of rotatable bonds is 4. The number of carbonyl (C=O) groups excluding carboxylic acids is 5. The van der Waals surface area contributed by atoms with Gasteiger partial charge in [-0.15, -0.1) is 0 Å². The highest BCUT2D eigenvalue weighted by molar-refractivity contribution is 6.24. The zero-order chi connectivity index (χ0) is 42.8. The van der Waals surface area contributed by atoms with Crippen molar-refractivity contribution < 1.29 is 64.8 Å². The van der Waals surface area contributed by atoms with Crippen molar-refractivity contribution in [3.63, 3.8) is 0 Å². The number of hydrogen-bond acceptors (Lipinski definition) is 14. The first-order valence-corrected chi connectivity index (χ1v) is 19.9. The van der Waals surface area contributed by atoms with E-state index < -0.39 is 104 Å². The summed E-state index contributed by atoms with van der Waals surface area (Å²) in [5, 5.41) is 86.6. The van der Waals surface area contributed by atoms with Crippen LogP contribution in [0, 0.1) is 40.4 Å². The second-order valence-electron chi connectivity index (χ2n) is 18.5. The third kappa shape index (κ3) is 5.42. The number of aliphatic hydroxyl groups excluding tert-OH is 4. The molecule has 12 atom stereocenters. The van der Waals surface area contributed by atoms with E-state index in [4.69, 9.17) is 5.73 Å². The minimum atomic E-state index is -2.75. The zero-order valence-corrected chi connectivity index (χ0v) is 33.4. The maximum absolute atomic E-state index is 13.7. The number of phenolic OH excluding ortho intramolecular Hbond substituents is 1. The van der Waals surface area contributed by atoms with Crippen molar-refractivity contribution in [2.75, 3.05) is 20.7 Å². The van der Waals surface area contributed by atoms with Crippen LogP contribution in [0.3, 0.4) is 0 Å². The van der Waals surface area contributed by atoms with Gasteiger partial charge in [-0.2, -0.15) is 0 Å². The molecule has 7 aliphatic carbocycles. The number of hydrogen-bond donors (Lipinski definition) is 9. The zero-order valence-electron chi connectivity index (χ0n) is 33.4. The maximum Gasteiger partial charge on any atom is 0.255 e. The summed E-state index contributed by atoms with van der Waals surface area (Å²) >= 11 is 0. The number of carbonyl (C=O) groups is 5. The molecular weight excluding hydrogens is 752 g/mol. The lowest BCUT2D eigenvalue weighted by Crippen LogP contribution is -2.67. The summed E-state index contributed by atoms with van der Waals surface area (Å²) in [7, 11) is 3.01. The number of Topliss-reactive ketones (excluding diaryl/α,β-unsaturated/α-hetero) is 3. The van der Waals surface area contributed by atoms with Crippen LogP contribution in [0.15, 0.2) is 46.8 Å². The average Bonchev–Trinajstić information content (AvgIpc) is 3.41. The van der Waals surface area contributed by atoms with Crippen LogP contribution in [0.2, 0.25) is 0 Å². The molecule has 4 saturated carbocycles. The summed E-state index contributed by atoms with van der Waals surface area (Å²) in [6, 6.07) is 3.02. The van der Waals surface area contributed by atoms with Crippen LogP contribution >= 0.6 is 0 Å². The molecule has 0 heterocycles. The number of phenols is 1. The molecule has 3 unspecified atom stereocenters. The Kier molecular flexibility index (Phi) is 9.86. The number of nitrogens with two attached hydrogens (primary N) is 1. The number of amides is 1. The van der Waals surface area contributed by atoms with Crippen molar-refractivity contribution in [3.8, 4) is 5.75 Å². The van der Waals surface area contributed by atoms with E-state index >= 15 is 0 Å². The molecule has 1 aromatic rings. The van der Waals surface area contributed by atoms with Crippen LogP contribution in [-0.2, 0) is 29.6 Å². The van der Waals surface area contributed by atoms with Gasteiger partial charge in [0.25, 0.3) is 5.91 Å². The van der Waals surface area contributed by atoms with Crippen molar-refractivity contribution in [2.45, 2.75) is 101 Å². The molecule has 4 fully saturated rings. The third-order valence-corrected chi connectivity index (χ3v) is 15.7. The number of likely N-dealkylation sites (N-methyl/N-ethyl adjacent to an activating group) is 1. The van der Waals surface area contributed by atoms with Gasteiger partial charge >= 0.3 is 0 Å². The van der Waals surface area contributed by atoms with Gasteiger partial charge in [-0.3, -0.25) is 28.9 Å². The minimum absolute atomic E-state index is 0.0697. The Morgan fingerprint density at radius 3 is 2.24 bits per heavy atom. The molecule has 1 aromatic carbocycles. The lowest BCUT2D eigenvalue weighted by Gasteiger charge is -2.60. The molecule has 1 amide bonds. The largest absolute Gasteiger partial charge is 0.508 e. The smallest absolute Gasteiger partial charge is 0.255 e. The third-order valence-electron chi connectivity index (χ3n) is 15.7. The van der Waals surface area contributed by atoms with Crippen LogP contribution < -0.4 is 5.73 Å². The molecule has 7 aliphatic rings. The molecule has 8 rings (SSSR count). The summed E-state index contributed by atoms with van der Waals surface area (Å²) in [5.41, 5.74) is -1.78. The van der Waals surface area contributed by atoms with Gasteiger partial charge in [0.2, 0.25) is 5.78 Å². The van der Waals surface area contributed by atoms with E-state index in [2.05, 4.69) is 6.92 Å². The summed E-state index contributed by atoms with van der Waals surface area (Å²) in [5.74, 6) is -7.76. The van der Waals surface area contributed by atoms with E-state index in [1.807, 2.05) is 6.92 Å². The normalized spacial score (nSPS) is 41.6. The first-order chi connectivity index (χ1) is 26.9. The molecule has 0 radical (unpaired) electrons. The number of nitrogens with zero attached hydrogens (tertiary/aromatic N) is 1. The summed E-state index contributed by atoms with van der Waals surface area (Å²) in [4.78, 5) is 64.2. The van der Waals surface area contributed by atoms with Crippen LogP contribution in [0.1, 0.15) is 83.3 Å². The molecule has 0 aromatic heterocycles. The van der Waals surface area contributed by atoms with Crippen molar-refractivity contribution in [3.05, 3.63) is 57.9 Å². The summed E-state index contributed by atoms with van der Waals surface area (Å²) in [6.07, 6.45) is 5.54. The second kappa shape index (κ2) is 13.6. The molecule has 0 bridgehead atoms. The van der Waals surface area contributed by atoms with Gasteiger partial charge in [0.1, 0.15) is 35.0 Å². The summed E-state index contributed by atoms with van der Waals surface area (Å²) in [6.45, 7) is 4.86. The van der Waals surface area contributed by atoms with Gasteiger partial charge < -0.3 is 46.6 Å². The number of benzene rings is 1. The van der Waals surface area contributed by atoms with Crippen LogP contribution in [0.5, 0.6) is 5.75 Å². The average molecular weight is 807 g/mol. The molecule has 314 valence electrons. The van der Waals surface area contributed by atoms with Gasteiger partial charge in [-0.05, 0) is 107 Å². The number of fused-ring (bicyclic) bond motifs is 8. The number of aliphatic hydroxyl groups is 7. The molecule has 10 N–H and O–H groups in total. The second-order valence-corrected chi connectivity index (χ2v) is 18.5. The summed E-state index contributed by atoms with van der Waals surface area (Å²) < 4.78 is 0. The van der Waals surface area contributed by atoms with Gasteiger partial charge in [0.05, 0.1) is 23.3 Å². The van der Waals surface area contributed by atoms with E-state index in [1.54, 1.807) is 6.08 Å². The minimum Gasteiger partial charge on any atom is -0.508 e. The van der Waals surface area contributed by atoms with Crippen molar-refractivity contribution in [1.29, 1.82) is 0 Å². The molecule has 0 spiro atoms. The first-order valence-electron chi connectivity index (χ1n) is 19.9. The van der Waals surface area contributed by atoms with Crippen molar-refractivity contribution >= 4 is 34.8 Å². The van der Waals surface area contributed by atoms with Crippen molar-refractivity contribution in [1.82, 2.24) is 4.90 Å². The monoisotopic (exact) mass is 806 g/mol. The Labute approximate surface area is 335 Å². The molecule has 0 aliphatic heterocycles. The van der Waals surface area contributed by atoms with Crippen LogP contribution in [0.4, 0.5) is 0 Å². The molecule has 0 saturated heterocycles. The highest BCUT2D eigenvalue weighted by atomic mass is 16.4. The Balaban J connectivity index is 0.000000180. The predicted molar refractivity (Wildman–Crippen MR) is 205 cm³/mol. The highest BCUT2D eigenvalue weighted by Gasteiger charge is 2.69. The standard InChI is InChI=1S/C22H24N2O8.C21H30O5/c1-21(31)8-5-4-6-11(25)12(8)16(26)13-9(21)7-10-15(24(2)3)17(27)14(20(23)30)19(29)22(10,32)18(13)28;1-19-7-5-13(23)9-12(19)3-4-14-15-6-8-21(26,17(25)11-22)20(15,2)10-16(24)18(14)19/h4-6,9-10,15,25-26,29,31-32H,7H2,1-3H3,(H2,23,30);9,14-16,18,22,24,26H,3-8,10-11H2,1-2H3/t9?,10?,15?,21-,22+;14-,15-,16-,18+,19-,20-,21-/m10/s1. The lowest BCUT2D eigenvalue weighted by molar-refractivity contribution is -0.182. The van der Waals surface area contributed by atoms with E-state index in [0.29, 0.717) is 19.3 Å². The van der Waals surface area contributed by atoms with E-state index in [1.165, 1.54) is 49.7 Å². The number of allylic oxidation sites excluding steroid dienone is 1. The van der Waals surface area contributed by atoms with E-state index in [-0.39, 0.29) is 46.5 Å². The van der Waals surface area contributed by atoms with Gasteiger partial charge in [0.15, 0.2) is 23.0 Å². The SMILES string of the molecule is CN(C)C1C(=O)C(C(N)=O)=C(O)[C@@]2(O)C(=O)C3=C(O)c4c(O)cccc4[C@@](C)(O)C3CC12.C[C@]12CCC(=O)C=C1CC[C@@H]1[C@@H]2[C@@H](O)C[C@@]2(C)[C@H]1CC[C@]2(O)C(=O)CO. The molecular formula is C43H54N2O13. The molecule has 15 heteroatoms. The molecule has 15 nitrogen and oxygen atoms in total. The Morgan fingerprint density at radius 2 is 1.62 bits per heavy atom. The fourth-order valence-electron chi connectivity index (χ4n) is 12.8. The maximum atomic E-state index is 13.7. The highest BCUT2D eigenvalue weighted by Crippen LogP contribution is 2.67. The van der Waals surface area contributed by atoms with Crippen LogP contribution in [-0.4, -0.2) is 119 Å². The topological polar surface area (TPSA) is 276 Å². The lowest BCUT2D eigenvalue weighted by atomic mass is 9.45. The van der Waals surface area contributed by atoms with Gasteiger partial charge in [-0.25, -0.2) is 0 Å². The first kappa shape index (κ1) is 41.9. The number of primary amides is 1. The fourth-order valence-corrected chi connectivity index (χ4v) is 12.8. The Morgan fingerprint density at radius 1 is 0.948 bits per heavy atom. The van der Waals surface area contributed by atoms with Gasteiger partial charge in [-0.1, -0.05) is 31.6 Å². The predicted octanol–water partition coefficient (Wildman–Crippen LogP) is 1.41.